The fraction of sp³-hybridized carbons (Fsp3) is 0.0909. The predicted octanol–water partition coefficient (Wildman–Crippen LogP) is 1.18. The van der Waals surface area contributed by atoms with Crippen molar-refractivity contribution >= 4 is 21.9 Å². The first-order valence-corrected chi connectivity index (χ1v) is 5.62. The lowest BCUT2D eigenvalue weighted by Gasteiger charge is -2.05. The van der Waals surface area contributed by atoms with Crippen LogP contribution in [-0.4, -0.2) is 27.8 Å². The Morgan fingerprint density at radius 1 is 1.56 bits per heavy atom. The van der Waals surface area contributed by atoms with Gasteiger partial charge in [0.1, 0.15) is 0 Å². The van der Waals surface area contributed by atoms with Gasteiger partial charge in [-0.05, 0) is 28.1 Å². The number of rotatable bonds is 2. The molecule has 2 rings (SSSR count). The summed E-state index contributed by atoms with van der Waals surface area (Å²) in [7, 11) is 1.20. The first-order chi connectivity index (χ1) is 9.02. The van der Waals surface area contributed by atoms with Crippen molar-refractivity contribution in [2.75, 3.05) is 7.11 Å². The number of halogens is 1. The van der Waals surface area contributed by atoms with Crippen molar-refractivity contribution in [2.24, 2.45) is 0 Å². The Labute approximate surface area is 112 Å². The van der Waals surface area contributed by atoms with Gasteiger partial charge in [-0.3, -0.25) is 9.78 Å². The Morgan fingerprint density at radius 3 is 3.00 bits per heavy atom. The van der Waals surface area contributed by atoms with Crippen LogP contribution in [-0.2, 0) is 4.74 Å². The number of hydrogen-bond acceptors (Lipinski definition) is 5. The molecule has 0 bridgehead atoms. The number of ether oxygens (including phenoxy) is 1. The van der Waals surface area contributed by atoms with E-state index in [2.05, 4.69) is 30.7 Å². The van der Waals surface area contributed by atoms with Gasteiger partial charge in [0.15, 0.2) is 5.69 Å². The van der Waals surface area contributed by atoms with Gasteiger partial charge in [0.05, 0.1) is 20.4 Å². The summed E-state index contributed by atoms with van der Waals surface area (Å²) in [5.41, 5.74) is -0.418. The van der Waals surface area contributed by atoms with Gasteiger partial charge in [0.2, 0.25) is 0 Å². The topological polar surface area (TPSA) is 74.1 Å². The van der Waals surface area contributed by atoms with Crippen LogP contribution in [0.1, 0.15) is 11.9 Å². The Hall–Kier alpha value is -2.02. The summed E-state index contributed by atoms with van der Waals surface area (Å²) in [4.78, 5) is 27.2. The molecule has 0 fully saturated rings. The molecule has 0 aliphatic heterocycles. The second kappa shape index (κ2) is 5.09. The average Bonchev–Trinajstić information content (AvgIpc) is 2.40. The third kappa shape index (κ3) is 2.45. The number of carbonyl (C=O) groups is 1. The zero-order chi connectivity index (χ0) is 14.0. The molecule has 0 aliphatic carbocycles. The Balaban J connectivity index is 2.66. The van der Waals surface area contributed by atoms with Crippen LogP contribution in [0.15, 0.2) is 39.8 Å². The maximum atomic E-state index is 11.9. The molecule has 92 valence electrons. The molecule has 0 aromatic carbocycles. The largest absolute Gasteiger partial charge is 0.464 e. The Kier molecular flexibility index (Phi) is 3.14. The Bertz CT molecular complexity index is 702. The summed E-state index contributed by atoms with van der Waals surface area (Å²) in [6.07, 6.45) is 2.94. The molecule has 6 nitrogen and oxygen atoms in total. The molecule has 0 amide bonds. The van der Waals surface area contributed by atoms with Crippen LogP contribution in [0.2, 0.25) is 0 Å². The molecule has 0 atom stereocenters. The number of nitrogens with zero attached hydrogens (tertiary/aromatic N) is 3. The van der Waals surface area contributed by atoms with Gasteiger partial charge in [-0.2, -0.15) is 9.78 Å². The van der Waals surface area contributed by atoms with Crippen LogP contribution in [0.5, 0.6) is 0 Å². The van der Waals surface area contributed by atoms with Crippen LogP contribution in [0, 0.1) is 0 Å². The quantitative estimate of drug-likeness (QED) is 0.779. The highest BCUT2D eigenvalue weighted by atomic mass is 79.9. The summed E-state index contributed by atoms with van der Waals surface area (Å²) in [6, 6.07) is 2.31. The number of esters is 1. The highest BCUT2D eigenvalue weighted by Gasteiger charge is 2.10. The molecule has 0 unspecified atom stereocenters. The predicted molar refractivity (Wildman–Crippen MR) is 66.7 cm³/mol. The van der Waals surface area contributed by atoms with E-state index in [1.807, 2.05) is 0 Å². The molecule has 0 saturated heterocycles. The van der Waals surface area contributed by atoms with Gasteiger partial charge in [-0.1, -0.05) is 0 Å². The minimum absolute atomic E-state index is 0.118. The lowest BCUT2D eigenvalue weighted by Crippen LogP contribution is -2.23. The molecule has 0 spiro atoms. The van der Waals surface area contributed by atoms with E-state index in [9.17, 15) is 9.59 Å². The Morgan fingerprint density at radius 2 is 2.33 bits per heavy atom. The third-order valence-electron chi connectivity index (χ3n) is 2.06. The van der Waals surface area contributed by atoms with Crippen molar-refractivity contribution in [2.45, 2.75) is 0 Å². The lowest BCUT2D eigenvalue weighted by atomic mass is 10.4. The molecule has 7 heteroatoms. The zero-order valence-corrected chi connectivity index (χ0v) is 10.8. The molecule has 18 heavy (non-hydrogen) atoms. The van der Waals surface area contributed by atoms with Crippen molar-refractivity contribution in [3.05, 3.63) is 51.1 Å². The van der Waals surface area contributed by atoms with Gasteiger partial charge < -0.3 is 4.74 Å². The fourth-order valence-corrected chi connectivity index (χ4v) is 1.62. The summed E-state index contributed by atoms with van der Waals surface area (Å²) < 4.78 is 13.7. The molecular formula is C11H8BrN3O3. The number of pyridine rings is 1. The van der Waals surface area contributed by atoms with Crippen LogP contribution in [0.3, 0.4) is 0 Å². The molecule has 0 N–H and O–H groups in total. The highest BCUT2D eigenvalue weighted by molar-refractivity contribution is 9.10. The van der Waals surface area contributed by atoms with Crippen molar-refractivity contribution in [3.8, 4) is 5.69 Å². The van der Waals surface area contributed by atoms with Gasteiger partial charge in [0, 0.05) is 16.7 Å². The van der Waals surface area contributed by atoms with E-state index in [4.69, 9.17) is 1.37 Å². The van der Waals surface area contributed by atoms with E-state index >= 15 is 0 Å². The molecule has 0 aliphatic rings. The zero-order valence-electron chi connectivity index (χ0n) is 10.3. The van der Waals surface area contributed by atoms with Crippen molar-refractivity contribution in [3.63, 3.8) is 0 Å². The van der Waals surface area contributed by atoms with E-state index < -0.39 is 11.5 Å². The van der Waals surface area contributed by atoms with E-state index in [-0.39, 0.29) is 11.7 Å². The summed E-state index contributed by atoms with van der Waals surface area (Å²) in [5.74, 6) is -0.717. The SMILES string of the molecule is [2H]c1cc(C(=O)OC)nn(-c2cncc(Br)c2)c1=O. The fourth-order valence-electron chi connectivity index (χ4n) is 1.27. The second-order valence-corrected chi connectivity index (χ2v) is 4.16. The van der Waals surface area contributed by atoms with Crippen molar-refractivity contribution in [1.29, 1.82) is 0 Å². The lowest BCUT2D eigenvalue weighted by molar-refractivity contribution is 0.0591. The molecular weight excluding hydrogens is 302 g/mol. The van der Waals surface area contributed by atoms with Crippen LogP contribution >= 0.6 is 15.9 Å². The van der Waals surface area contributed by atoms with E-state index in [1.165, 1.54) is 13.3 Å². The number of aromatic nitrogens is 3. The van der Waals surface area contributed by atoms with Crippen LogP contribution < -0.4 is 5.56 Å². The number of methoxy groups -OCH3 is 1. The average molecular weight is 311 g/mol. The van der Waals surface area contributed by atoms with E-state index in [0.29, 0.717) is 10.2 Å². The van der Waals surface area contributed by atoms with E-state index in [0.717, 1.165) is 10.7 Å². The summed E-state index contributed by atoms with van der Waals surface area (Å²) >= 11 is 3.22. The first-order valence-electron chi connectivity index (χ1n) is 5.33. The minimum atomic E-state index is -0.717. The highest BCUT2D eigenvalue weighted by Crippen LogP contribution is 2.11. The van der Waals surface area contributed by atoms with Crippen LogP contribution in [0.25, 0.3) is 5.69 Å². The van der Waals surface area contributed by atoms with Gasteiger partial charge in [-0.25, -0.2) is 4.79 Å². The number of carbonyl (C=O) groups excluding carboxylic acids is 1. The van der Waals surface area contributed by atoms with Crippen molar-refractivity contribution in [1.82, 2.24) is 14.8 Å². The molecule has 0 saturated carbocycles. The van der Waals surface area contributed by atoms with Gasteiger partial charge in [-0.15, -0.1) is 0 Å². The van der Waals surface area contributed by atoms with Crippen molar-refractivity contribution < 1.29 is 10.9 Å². The molecule has 0 radical (unpaired) electrons. The third-order valence-corrected chi connectivity index (χ3v) is 2.50. The normalized spacial score (nSPS) is 10.9. The monoisotopic (exact) mass is 310 g/mol. The maximum absolute atomic E-state index is 11.9. The van der Waals surface area contributed by atoms with Gasteiger partial charge >= 0.3 is 5.97 Å². The van der Waals surface area contributed by atoms with Gasteiger partial charge in [0.25, 0.3) is 5.56 Å². The molecule has 2 aromatic rings. The second-order valence-electron chi connectivity index (χ2n) is 3.24. The standard InChI is InChI=1S/C11H8BrN3O3/c1-18-11(17)9-2-3-10(16)15(14-9)8-4-7(12)5-13-6-8/h2-6H,1H3/i3D. The first kappa shape index (κ1) is 11.1. The molecule has 2 aromatic heterocycles. The summed E-state index contributed by atoms with van der Waals surface area (Å²) in [6.45, 7) is 0. The van der Waals surface area contributed by atoms with E-state index in [1.54, 1.807) is 12.3 Å². The number of hydrogen-bond donors (Lipinski definition) is 0. The molecule has 2 heterocycles. The van der Waals surface area contributed by atoms with Crippen LogP contribution in [0.4, 0.5) is 0 Å². The smallest absolute Gasteiger partial charge is 0.358 e. The maximum Gasteiger partial charge on any atom is 0.358 e. The summed E-state index contributed by atoms with van der Waals surface area (Å²) in [5, 5.41) is 3.86. The minimum Gasteiger partial charge on any atom is -0.464 e.